The van der Waals surface area contributed by atoms with E-state index in [9.17, 15) is 0 Å². The van der Waals surface area contributed by atoms with E-state index < -0.39 is 0 Å². The lowest BCUT2D eigenvalue weighted by Gasteiger charge is -2.35. The van der Waals surface area contributed by atoms with E-state index in [0.29, 0.717) is 0 Å². The molecule has 1 aliphatic rings. The summed E-state index contributed by atoms with van der Waals surface area (Å²) in [5.41, 5.74) is 0. The average molecular weight is 198 g/mol. The van der Waals surface area contributed by atoms with Gasteiger partial charge in [0.15, 0.2) is 0 Å². The smallest absolute Gasteiger partial charge is 0.0884 e. The van der Waals surface area contributed by atoms with Crippen molar-refractivity contribution in [1.82, 2.24) is 0 Å². The molecule has 1 rings (SSSR count). The Morgan fingerprint density at radius 3 is 1.36 bits per heavy atom. The van der Waals surface area contributed by atoms with E-state index in [-0.39, 0.29) is 0 Å². The Balaban J connectivity index is 2.38. The molecule has 0 aromatic heterocycles. The van der Waals surface area contributed by atoms with Crippen LogP contribution >= 0.6 is 0 Å². The summed E-state index contributed by atoms with van der Waals surface area (Å²) in [5.74, 6) is 0. The van der Waals surface area contributed by atoms with Gasteiger partial charge in [-0.2, -0.15) is 0 Å². The van der Waals surface area contributed by atoms with Crippen molar-refractivity contribution in [3.05, 3.63) is 0 Å². The number of quaternary nitrogens is 1. The Kier molecular flexibility index (Phi) is 4.94. The first-order valence-electron chi connectivity index (χ1n) is 6.42. The predicted octanol–water partition coefficient (Wildman–Crippen LogP) is 3.59. The van der Waals surface area contributed by atoms with Gasteiger partial charge < -0.3 is 4.48 Å². The molecule has 0 amide bonds. The van der Waals surface area contributed by atoms with E-state index in [4.69, 9.17) is 0 Å². The second-order valence-corrected chi connectivity index (χ2v) is 5.82. The molecule has 0 aromatic carbocycles. The highest BCUT2D eigenvalue weighted by atomic mass is 15.3. The van der Waals surface area contributed by atoms with Crippen LogP contribution in [0.2, 0.25) is 0 Å². The first-order valence-corrected chi connectivity index (χ1v) is 6.42. The lowest BCUT2D eigenvalue weighted by atomic mass is 9.96. The van der Waals surface area contributed by atoms with Gasteiger partial charge in [0.25, 0.3) is 0 Å². The van der Waals surface area contributed by atoms with Crippen LogP contribution in [0.5, 0.6) is 0 Å². The molecular formula is C13H28N+. The number of nitrogens with zero attached hydrogens (tertiary/aromatic N) is 1. The Labute approximate surface area is 90.1 Å². The minimum Gasteiger partial charge on any atom is -0.328 e. The second kappa shape index (κ2) is 5.75. The fourth-order valence-electron chi connectivity index (χ4n) is 2.56. The van der Waals surface area contributed by atoms with Crippen LogP contribution in [0.1, 0.15) is 57.8 Å². The maximum atomic E-state index is 2.36. The summed E-state index contributed by atoms with van der Waals surface area (Å²) >= 11 is 0. The maximum absolute atomic E-state index is 2.36. The lowest BCUT2D eigenvalue weighted by molar-refractivity contribution is -0.896. The van der Waals surface area contributed by atoms with Crippen LogP contribution in [-0.2, 0) is 0 Å². The third kappa shape index (κ3) is 4.45. The van der Waals surface area contributed by atoms with E-state index in [0.717, 1.165) is 6.04 Å². The molecule has 0 radical (unpaired) electrons. The van der Waals surface area contributed by atoms with Gasteiger partial charge in [0, 0.05) is 0 Å². The highest BCUT2D eigenvalue weighted by molar-refractivity contribution is 4.61. The van der Waals surface area contributed by atoms with Crippen LogP contribution in [0.4, 0.5) is 0 Å². The highest BCUT2D eigenvalue weighted by Crippen LogP contribution is 2.21. The van der Waals surface area contributed by atoms with Gasteiger partial charge in [0.05, 0.1) is 27.2 Å². The van der Waals surface area contributed by atoms with Gasteiger partial charge in [0.2, 0.25) is 0 Å². The SMILES string of the molecule is C[N+](C)(C)C1CCCCCCCCC1. The first-order chi connectivity index (χ1) is 6.61. The van der Waals surface area contributed by atoms with Crippen molar-refractivity contribution >= 4 is 0 Å². The Bertz CT molecular complexity index is 136. The molecular weight excluding hydrogens is 170 g/mol. The molecule has 1 aliphatic carbocycles. The van der Waals surface area contributed by atoms with Crippen LogP contribution in [0.3, 0.4) is 0 Å². The molecule has 0 N–H and O–H groups in total. The van der Waals surface area contributed by atoms with Gasteiger partial charge >= 0.3 is 0 Å². The minimum absolute atomic E-state index is 0.910. The molecule has 14 heavy (non-hydrogen) atoms. The number of hydrogen-bond donors (Lipinski definition) is 0. The highest BCUT2D eigenvalue weighted by Gasteiger charge is 2.22. The molecule has 84 valence electrons. The van der Waals surface area contributed by atoms with Crippen LogP contribution in [0.25, 0.3) is 0 Å². The number of rotatable bonds is 1. The van der Waals surface area contributed by atoms with Crippen LogP contribution in [-0.4, -0.2) is 31.7 Å². The Hall–Kier alpha value is -0.0400. The molecule has 1 heteroatoms. The summed E-state index contributed by atoms with van der Waals surface area (Å²) in [5, 5.41) is 0. The molecule has 0 aliphatic heterocycles. The zero-order valence-electron chi connectivity index (χ0n) is 10.4. The van der Waals surface area contributed by atoms with Crippen molar-refractivity contribution in [1.29, 1.82) is 0 Å². The molecule has 1 nitrogen and oxygen atoms in total. The molecule has 1 saturated carbocycles. The lowest BCUT2D eigenvalue weighted by Crippen LogP contribution is -2.45. The minimum atomic E-state index is 0.910. The molecule has 0 atom stereocenters. The van der Waals surface area contributed by atoms with E-state index in [2.05, 4.69) is 21.1 Å². The fourth-order valence-corrected chi connectivity index (χ4v) is 2.56. The van der Waals surface area contributed by atoms with Crippen molar-refractivity contribution in [3.8, 4) is 0 Å². The van der Waals surface area contributed by atoms with Gasteiger partial charge in [0.1, 0.15) is 0 Å². The van der Waals surface area contributed by atoms with Gasteiger partial charge in [-0.25, -0.2) is 0 Å². The largest absolute Gasteiger partial charge is 0.328 e. The van der Waals surface area contributed by atoms with Gasteiger partial charge in [-0.1, -0.05) is 32.1 Å². The second-order valence-electron chi connectivity index (χ2n) is 5.82. The standard InChI is InChI=1S/C13H28N/c1-14(2,3)13-11-9-7-5-4-6-8-10-12-13/h13H,4-12H2,1-3H3/q+1. The zero-order valence-corrected chi connectivity index (χ0v) is 10.4. The van der Waals surface area contributed by atoms with E-state index in [1.54, 1.807) is 0 Å². The number of hydrogen-bond acceptors (Lipinski definition) is 0. The maximum Gasteiger partial charge on any atom is 0.0884 e. The van der Waals surface area contributed by atoms with Gasteiger partial charge in [-0.3, -0.25) is 0 Å². The molecule has 0 saturated heterocycles. The Morgan fingerprint density at radius 2 is 1.00 bits per heavy atom. The third-order valence-corrected chi connectivity index (χ3v) is 3.67. The summed E-state index contributed by atoms with van der Waals surface area (Å²) in [6.45, 7) is 0. The molecule has 0 spiro atoms. The topological polar surface area (TPSA) is 0 Å². The molecule has 0 heterocycles. The summed E-state index contributed by atoms with van der Waals surface area (Å²) in [6.07, 6.45) is 13.2. The zero-order chi connectivity index (χ0) is 10.4. The van der Waals surface area contributed by atoms with Crippen LogP contribution in [0, 0.1) is 0 Å². The van der Waals surface area contributed by atoms with E-state index in [1.165, 1.54) is 62.3 Å². The predicted molar refractivity (Wildman–Crippen MR) is 63.4 cm³/mol. The average Bonchev–Trinajstić information content (AvgIpc) is 2.12. The summed E-state index contributed by atoms with van der Waals surface area (Å²) < 4.78 is 1.17. The van der Waals surface area contributed by atoms with E-state index >= 15 is 0 Å². The van der Waals surface area contributed by atoms with Gasteiger partial charge in [-0.05, 0) is 25.7 Å². The van der Waals surface area contributed by atoms with Crippen LogP contribution < -0.4 is 0 Å². The van der Waals surface area contributed by atoms with Gasteiger partial charge in [-0.15, -0.1) is 0 Å². The van der Waals surface area contributed by atoms with Crippen molar-refractivity contribution in [2.75, 3.05) is 21.1 Å². The fraction of sp³-hybridized carbons (Fsp3) is 1.00. The summed E-state index contributed by atoms with van der Waals surface area (Å²) in [6, 6.07) is 0.910. The molecule has 0 unspecified atom stereocenters. The Morgan fingerprint density at radius 1 is 0.643 bits per heavy atom. The quantitative estimate of drug-likeness (QED) is 0.565. The third-order valence-electron chi connectivity index (χ3n) is 3.67. The summed E-state index contributed by atoms with van der Waals surface area (Å²) in [4.78, 5) is 0. The molecule has 0 bridgehead atoms. The van der Waals surface area contributed by atoms with E-state index in [1.807, 2.05) is 0 Å². The molecule has 1 fully saturated rings. The summed E-state index contributed by atoms with van der Waals surface area (Å²) in [7, 11) is 7.07. The van der Waals surface area contributed by atoms with Crippen LogP contribution in [0.15, 0.2) is 0 Å². The monoisotopic (exact) mass is 198 g/mol. The van der Waals surface area contributed by atoms with Crippen molar-refractivity contribution in [2.24, 2.45) is 0 Å². The molecule has 0 aromatic rings. The first kappa shape index (κ1) is 12.0. The normalized spacial score (nSPS) is 23.4. The van der Waals surface area contributed by atoms with Crippen molar-refractivity contribution in [3.63, 3.8) is 0 Å². The van der Waals surface area contributed by atoms with Crippen molar-refractivity contribution in [2.45, 2.75) is 63.8 Å². The van der Waals surface area contributed by atoms with Crippen molar-refractivity contribution < 1.29 is 4.48 Å².